The fourth-order valence-corrected chi connectivity index (χ4v) is 3.84. The van der Waals surface area contributed by atoms with Crippen molar-refractivity contribution in [1.82, 2.24) is 0 Å². The molecule has 0 radical (unpaired) electrons. The number of rotatable bonds is 5. The zero-order chi connectivity index (χ0) is 15.5. The Labute approximate surface area is 135 Å². The van der Waals surface area contributed by atoms with Crippen LogP contribution >= 0.6 is 0 Å². The van der Waals surface area contributed by atoms with Gasteiger partial charge in [0.15, 0.2) is 0 Å². The van der Waals surface area contributed by atoms with E-state index in [2.05, 4.69) is 68.1 Å². The minimum atomic E-state index is 0.707. The van der Waals surface area contributed by atoms with Crippen LogP contribution in [0.15, 0.2) is 42.5 Å². The summed E-state index contributed by atoms with van der Waals surface area (Å²) in [6.45, 7) is 9.04. The fraction of sp³-hybridized carbons (Fsp3) is 0.429. The molecule has 1 aliphatic heterocycles. The number of unbranched alkanes of at least 4 members (excludes halogenated alkanes) is 1. The minimum absolute atomic E-state index is 0.707. The summed E-state index contributed by atoms with van der Waals surface area (Å²) >= 11 is 0. The maximum Gasteiger partial charge on any atom is 0.0437 e. The van der Waals surface area contributed by atoms with Crippen LogP contribution < -0.4 is 4.90 Å². The van der Waals surface area contributed by atoms with Crippen molar-refractivity contribution in [2.45, 2.75) is 52.5 Å². The van der Waals surface area contributed by atoms with Crippen molar-refractivity contribution in [2.24, 2.45) is 0 Å². The van der Waals surface area contributed by atoms with Crippen LogP contribution in [0.25, 0.3) is 0 Å². The Kier molecular flexibility index (Phi) is 4.52. The molecule has 2 aromatic rings. The van der Waals surface area contributed by atoms with Gasteiger partial charge in [0, 0.05) is 24.7 Å². The monoisotopic (exact) mass is 293 g/mol. The minimum Gasteiger partial charge on any atom is -0.366 e. The Hall–Kier alpha value is -1.76. The van der Waals surface area contributed by atoms with Gasteiger partial charge in [-0.3, -0.25) is 0 Å². The Bertz CT molecular complexity index is 630. The molecular formula is C21H27N. The number of aryl methyl sites for hydroxylation is 2. The van der Waals surface area contributed by atoms with E-state index in [1.54, 1.807) is 5.56 Å². The average Bonchev–Trinajstić information content (AvgIpc) is 2.89. The molecule has 0 saturated heterocycles. The van der Waals surface area contributed by atoms with Crippen molar-refractivity contribution in [2.75, 3.05) is 11.4 Å². The smallest absolute Gasteiger partial charge is 0.0437 e. The molecule has 1 heteroatoms. The first-order valence-corrected chi connectivity index (χ1v) is 8.59. The molecule has 1 aliphatic rings. The summed E-state index contributed by atoms with van der Waals surface area (Å²) in [4.78, 5) is 2.60. The summed E-state index contributed by atoms with van der Waals surface area (Å²) in [5, 5.41) is 0. The quantitative estimate of drug-likeness (QED) is 0.694. The molecule has 0 fully saturated rings. The summed E-state index contributed by atoms with van der Waals surface area (Å²) in [5.74, 6) is 0.707. The molecule has 22 heavy (non-hydrogen) atoms. The van der Waals surface area contributed by atoms with Crippen molar-refractivity contribution in [3.8, 4) is 0 Å². The lowest BCUT2D eigenvalue weighted by Gasteiger charge is -2.22. The molecule has 1 atom stereocenters. The fourth-order valence-electron chi connectivity index (χ4n) is 3.84. The molecule has 1 heterocycles. The zero-order valence-electron chi connectivity index (χ0n) is 14.1. The largest absolute Gasteiger partial charge is 0.366 e. The molecule has 0 aliphatic carbocycles. The van der Waals surface area contributed by atoms with Crippen LogP contribution in [0.1, 0.15) is 54.4 Å². The van der Waals surface area contributed by atoms with E-state index in [1.165, 1.54) is 48.2 Å². The number of nitrogens with zero attached hydrogens (tertiary/aromatic N) is 1. The van der Waals surface area contributed by atoms with Crippen LogP contribution in [0.5, 0.6) is 0 Å². The Morgan fingerprint density at radius 3 is 2.45 bits per heavy atom. The van der Waals surface area contributed by atoms with Crippen LogP contribution in [0.4, 0.5) is 5.69 Å². The highest BCUT2D eigenvalue weighted by atomic mass is 15.2. The number of anilines is 1. The molecule has 0 saturated carbocycles. The molecule has 0 N–H and O–H groups in total. The topological polar surface area (TPSA) is 3.24 Å². The van der Waals surface area contributed by atoms with Crippen molar-refractivity contribution >= 4 is 5.69 Å². The maximum absolute atomic E-state index is 2.60. The van der Waals surface area contributed by atoms with Crippen LogP contribution in [0.2, 0.25) is 0 Å². The molecule has 1 unspecified atom stereocenters. The van der Waals surface area contributed by atoms with Gasteiger partial charge < -0.3 is 4.90 Å². The van der Waals surface area contributed by atoms with Gasteiger partial charge in [0.2, 0.25) is 0 Å². The molecule has 0 aromatic heterocycles. The second-order valence-corrected chi connectivity index (χ2v) is 6.67. The van der Waals surface area contributed by atoms with E-state index in [4.69, 9.17) is 0 Å². The van der Waals surface area contributed by atoms with Crippen molar-refractivity contribution in [3.63, 3.8) is 0 Å². The predicted molar refractivity (Wildman–Crippen MR) is 95.7 cm³/mol. The van der Waals surface area contributed by atoms with Crippen molar-refractivity contribution < 1.29 is 0 Å². The van der Waals surface area contributed by atoms with Crippen LogP contribution in [0, 0.1) is 13.8 Å². The Balaban J connectivity index is 1.93. The Morgan fingerprint density at radius 1 is 1.00 bits per heavy atom. The summed E-state index contributed by atoms with van der Waals surface area (Å²) in [6, 6.07) is 15.5. The van der Waals surface area contributed by atoms with Gasteiger partial charge in [0.05, 0.1) is 0 Å². The first kappa shape index (κ1) is 15.1. The Morgan fingerprint density at radius 2 is 1.73 bits per heavy atom. The third-order valence-corrected chi connectivity index (χ3v) is 4.92. The van der Waals surface area contributed by atoms with Crippen LogP contribution in [0.3, 0.4) is 0 Å². The third-order valence-electron chi connectivity index (χ3n) is 4.92. The molecule has 0 bridgehead atoms. The molecule has 3 rings (SSSR count). The molecule has 1 nitrogen and oxygen atoms in total. The van der Waals surface area contributed by atoms with Crippen LogP contribution in [-0.4, -0.2) is 6.54 Å². The molecule has 116 valence electrons. The highest BCUT2D eigenvalue weighted by Crippen LogP contribution is 2.43. The normalized spacial score (nSPS) is 16.9. The van der Waals surface area contributed by atoms with Gasteiger partial charge in [-0.05, 0) is 42.5 Å². The average molecular weight is 293 g/mol. The van der Waals surface area contributed by atoms with Gasteiger partial charge in [-0.15, -0.1) is 0 Å². The predicted octanol–water partition coefficient (Wildman–Crippen LogP) is 5.60. The van der Waals surface area contributed by atoms with E-state index in [0.717, 1.165) is 6.54 Å². The zero-order valence-corrected chi connectivity index (χ0v) is 14.1. The van der Waals surface area contributed by atoms with E-state index >= 15 is 0 Å². The SMILES string of the molecule is CCCCC1CN(Cc2ccccc2)c2c(C)ccc(C)c21. The standard InChI is InChI=1S/C21H27N/c1-4-5-11-19-15-22(14-18-9-7-6-8-10-18)21-17(3)13-12-16(2)20(19)21/h6-10,12-13,19H,4-5,11,14-15H2,1-3H3. The molecule has 0 spiro atoms. The summed E-state index contributed by atoms with van der Waals surface area (Å²) in [5.41, 5.74) is 7.42. The highest BCUT2D eigenvalue weighted by molar-refractivity contribution is 5.67. The van der Waals surface area contributed by atoms with Crippen molar-refractivity contribution in [1.29, 1.82) is 0 Å². The highest BCUT2D eigenvalue weighted by Gasteiger charge is 2.30. The number of fused-ring (bicyclic) bond motifs is 1. The van der Waals surface area contributed by atoms with E-state index in [0.29, 0.717) is 5.92 Å². The molecule has 2 aromatic carbocycles. The molecular weight excluding hydrogens is 266 g/mol. The van der Waals surface area contributed by atoms with E-state index in [9.17, 15) is 0 Å². The van der Waals surface area contributed by atoms with Gasteiger partial charge in [0.25, 0.3) is 0 Å². The first-order valence-electron chi connectivity index (χ1n) is 8.59. The first-order chi connectivity index (χ1) is 10.7. The van der Waals surface area contributed by atoms with Crippen LogP contribution in [-0.2, 0) is 6.54 Å². The van der Waals surface area contributed by atoms with Gasteiger partial charge >= 0.3 is 0 Å². The van der Waals surface area contributed by atoms with Gasteiger partial charge in [-0.25, -0.2) is 0 Å². The van der Waals surface area contributed by atoms with E-state index in [1.807, 2.05) is 0 Å². The van der Waals surface area contributed by atoms with Gasteiger partial charge in [-0.2, -0.15) is 0 Å². The summed E-state index contributed by atoms with van der Waals surface area (Å²) in [7, 11) is 0. The lowest BCUT2D eigenvalue weighted by atomic mass is 9.91. The number of benzene rings is 2. The second-order valence-electron chi connectivity index (χ2n) is 6.67. The number of hydrogen-bond acceptors (Lipinski definition) is 1. The van der Waals surface area contributed by atoms with E-state index in [-0.39, 0.29) is 0 Å². The lowest BCUT2D eigenvalue weighted by Crippen LogP contribution is -2.21. The summed E-state index contributed by atoms with van der Waals surface area (Å²) in [6.07, 6.45) is 3.94. The number of hydrogen-bond donors (Lipinski definition) is 0. The summed E-state index contributed by atoms with van der Waals surface area (Å²) < 4.78 is 0. The third kappa shape index (κ3) is 2.90. The molecule has 0 amide bonds. The lowest BCUT2D eigenvalue weighted by molar-refractivity contribution is 0.595. The second kappa shape index (κ2) is 6.56. The van der Waals surface area contributed by atoms with Gasteiger partial charge in [-0.1, -0.05) is 62.2 Å². The van der Waals surface area contributed by atoms with E-state index < -0.39 is 0 Å². The van der Waals surface area contributed by atoms with Crippen molar-refractivity contribution in [3.05, 3.63) is 64.7 Å². The van der Waals surface area contributed by atoms with Gasteiger partial charge in [0.1, 0.15) is 0 Å². The maximum atomic E-state index is 2.60.